The molecule has 0 saturated carbocycles. The van der Waals surface area contributed by atoms with Crippen LogP contribution in [0.25, 0.3) is 0 Å². The maximum Gasteiger partial charge on any atom is 0.239 e. The Kier molecular flexibility index (Phi) is 9.09. The molecule has 1 amide bonds. The average Bonchev–Trinajstić information content (AvgIpc) is 2.34. The van der Waals surface area contributed by atoms with Crippen molar-refractivity contribution in [2.45, 2.75) is 58.5 Å². The van der Waals surface area contributed by atoms with Gasteiger partial charge in [-0.3, -0.25) is 4.79 Å². The van der Waals surface area contributed by atoms with E-state index in [9.17, 15) is 4.79 Å². The monoisotopic (exact) mass is 244 g/mol. The molecule has 2 N–H and O–H groups in total. The molecule has 0 aromatic rings. The first-order valence-corrected chi connectivity index (χ1v) is 6.67. The van der Waals surface area contributed by atoms with Crippen LogP contribution in [0.2, 0.25) is 0 Å². The van der Waals surface area contributed by atoms with Crippen LogP contribution in [-0.2, 0) is 9.53 Å². The smallest absolute Gasteiger partial charge is 0.239 e. The fourth-order valence-electron chi connectivity index (χ4n) is 2.04. The van der Waals surface area contributed by atoms with Crippen LogP contribution >= 0.6 is 0 Å². The zero-order chi connectivity index (χ0) is 13.3. The van der Waals surface area contributed by atoms with Crippen LogP contribution in [0.4, 0.5) is 0 Å². The van der Waals surface area contributed by atoms with Crippen molar-refractivity contribution in [1.29, 1.82) is 0 Å². The number of hydrogen-bond donors (Lipinski definition) is 1. The summed E-state index contributed by atoms with van der Waals surface area (Å²) < 4.78 is 5.07. The Balaban J connectivity index is 4.58. The summed E-state index contributed by atoms with van der Waals surface area (Å²) in [6.07, 6.45) is 3.62. The van der Waals surface area contributed by atoms with Gasteiger partial charge < -0.3 is 15.4 Å². The topological polar surface area (TPSA) is 55.6 Å². The lowest BCUT2D eigenvalue weighted by Gasteiger charge is -2.32. The Morgan fingerprint density at radius 2 is 1.88 bits per heavy atom. The summed E-state index contributed by atoms with van der Waals surface area (Å²) in [4.78, 5) is 14.1. The summed E-state index contributed by atoms with van der Waals surface area (Å²) in [5, 5.41) is 0. The highest BCUT2D eigenvalue weighted by Crippen LogP contribution is 2.11. The summed E-state index contributed by atoms with van der Waals surface area (Å²) in [5.41, 5.74) is 5.92. The van der Waals surface area contributed by atoms with Crippen molar-refractivity contribution >= 4 is 5.91 Å². The molecule has 0 saturated heterocycles. The minimum absolute atomic E-state index is 0.0672. The van der Waals surface area contributed by atoms with Gasteiger partial charge in [-0.15, -0.1) is 0 Å². The standard InChI is InChI=1S/C13H28N2O2/c1-5-8-12(14)13(16)15(9-10-17-4)11(6-2)7-3/h11-12H,5-10,14H2,1-4H3/t12-/m1/s1. The van der Waals surface area contributed by atoms with E-state index >= 15 is 0 Å². The quantitative estimate of drug-likeness (QED) is 0.672. The molecule has 1 atom stereocenters. The minimum atomic E-state index is -0.363. The Bertz CT molecular complexity index is 206. The predicted octanol–water partition coefficient (Wildman–Crippen LogP) is 1.78. The SMILES string of the molecule is CCC[C@@H](N)C(=O)N(CCOC)C(CC)CC. The number of rotatable bonds is 9. The van der Waals surface area contributed by atoms with Gasteiger partial charge in [0, 0.05) is 19.7 Å². The average molecular weight is 244 g/mol. The summed E-state index contributed by atoms with van der Waals surface area (Å²) in [5.74, 6) is 0.0672. The van der Waals surface area contributed by atoms with Gasteiger partial charge in [-0.25, -0.2) is 0 Å². The first-order chi connectivity index (χ1) is 8.12. The molecule has 0 aromatic heterocycles. The van der Waals surface area contributed by atoms with E-state index in [2.05, 4.69) is 13.8 Å². The lowest BCUT2D eigenvalue weighted by Crippen LogP contribution is -2.49. The molecular formula is C13H28N2O2. The first kappa shape index (κ1) is 16.4. The van der Waals surface area contributed by atoms with Crippen molar-refractivity contribution in [3.63, 3.8) is 0 Å². The summed E-state index contributed by atoms with van der Waals surface area (Å²) in [6.45, 7) is 7.46. The maximum atomic E-state index is 12.2. The van der Waals surface area contributed by atoms with E-state index in [1.807, 2.05) is 11.8 Å². The van der Waals surface area contributed by atoms with Crippen LogP contribution < -0.4 is 5.73 Å². The van der Waals surface area contributed by atoms with Gasteiger partial charge in [0.25, 0.3) is 0 Å². The Morgan fingerprint density at radius 3 is 2.29 bits per heavy atom. The second-order valence-electron chi connectivity index (χ2n) is 4.39. The summed E-state index contributed by atoms with van der Waals surface area (Å²) >= 11 is 0. The zero-order valence-electron chi connectivity index (χ0n) is 11.7. The van der Waals surface area contributed by atoms with Crippen LogP contribution in [-0.4, -0.2) is 43.2 Å². The molecule has 0 rings (SSSR count). The van der Waals surface area contributed by atoms with E-state index in [1.54, 1.807) is 7.11 Å². The van der Waals surface area contributed by atoms with Crippen molar-refractivity contribution in [3.8, 4) is 0 Å². The molecule has 4 nitrogen and oxygen atoms in total. The summed E-state index contributed by atoms with van der Waals surface area (Å²) in [6, 6.07) is -0.0852. The van der Waals surface area contributed by atoms with Crippen LogP contribution in [0.15, 0.2) is 0 Å². The molecule has 4 heteroatoms. The normalized spacial score (nSPS) is 12.8. The number of amides is 1. The second-order valence-corrected chi connectivity index (χ2v) is 4.39. The molecule has 0 aliphatic heterocycles. The van der Waals surface area contributed by atoms with Crippen molar-refractivity contribution in [2.24, 2.45) is 5.73 Å². The number of nitrogens with two attached hydrogens (primary N) is 1. The van der Waals surface area contributed by atoms with E-state index in [0.717, 1.165) is 25.7 Å². The second kappa shape index (κ2) is 9.42. The Labute approximate surface area is 105 Å². The molecule has 17 heavy (non-hydrogen) atoms. The molecule has 0 unspecified atom stereocenters. The molecule has 0 radical (unpaired) electrons. The van der Waals surface area contributed by atoms with Crippen molar-refractivity contribution in [3.05, 3.63) is 0 Å². The van der Waals surface area contributed by atoms with E-state index in [-0.39, 0.29) is 18.0 Å². The third kappa shape index (κ3) is 5.50. The van der Waals surface area contributed by atoms with Gasteiger partial charge >= 0.3 is 0 Å². The lowest BCUT2D eigenvalue weighted by atomic mass is 10.1. The van der Waals surface area contributed by atoms with Crippen molar-refractivity contribution < 1.29 is 9.53 Å². The van der Waals surface area contributed by atoms with E-state index in [1.165, 1.54) is 0 Å². The Hall–Kier alpha value is -0.610. The number of carbonyl (C=O) groups excluding carboxylic acids is 1. The third-order valence-electron chi connectivity index (χ3n) is 3.12. The van der Waals surface area contributed by atoms with Crippen LogP contribution in [0.1, 0.15) is 46.5 Å². The van der Waals surface area contributed by atoms with Gasteiger partial charge in [-0.2, -0.15) is 0 Å². The fourth-order valence-corrected chi connectivity index (χ4v) is 2.04. The molecule has 0 bridgehead atoms. The number of nitrogens with zero attached hydrogens (tertiary/aromatic N) is 1. The third-order valence-corrected chi connectivity index (χ3v) is 3.12. The largest absolute Gasteiger partial charge is 0.383 e. The molecule has 0 heterocycles. The fraction of sp³-hybridized carbons (Fsp3) is 0.923. The van der Waals surface area contributed by atoms with E-state index in [4.69, 9.17) is 10.5 Å². The summed E-state index contributed by atoms with van der Waals surface area (Å²) in [7, 11) is 1.65. The van der Waals surface area contributed by atoms with Crippen LogP contribution in [0.5, 0.6) is 0 Å². The van der Waals surface area contributed by atoms with E-state index in [0.29, 0.717) is 13.2 Å². The zero-order valence-corrected chi connectivity index (χ0v) is 11.7. The van der Waals surface area contributed by atoms with E-state index < -0.39 is 0 Å². The molecule has 0 fully saturated rings. The number of hydrogen-bond acceptors (Lipinski definition) is 3. The van der Waals surface area contributed by atoms with Gasteiger partial charge in [0.2, 0.25) is 5.91 Å². The van der Waals surface area contributed by atoms with Crippen molar-refractivity contribution in [1.82, 2.24) is 4.90 Å². The molecular weight excluding hydrogens is 216 g/mol. The lowest BCUT2D eigenvalue weighted by molar-refractivity contribution is -0.136. The number of methoxy groups -OCH3 is 1. The highest BCUT2D eigenvalue weighted by atomic mass is 16.5. The van der Waals surface area contributed by atoms with Crippen LogP contribution in [0, 0.1) is 0 Å². The van der Waals surface area contributed by atoms with Gasteiger partial charge in [-0.1, -0.05) is 27.2 Å². The van der Waals surface area contributed by atoms with Gasteiger partial charge in [-0.05, 0) is 19.3 Å². The van der Waals surface area contributed by atoms with Gasteiger partial charge in [0.05, 0.1) is 12.6 Å². The molecule has 0 spiro atoms. The first-order valence-electron chi connectivity index (χ1n) is 6.67. The van der Waals surface area contributed by atoms with Gasteiger partial charge in [0.1, 0.15) is 0 Å². The highest BCUT2D eigenvalue weighted by Gasteiger charge is 2.24. The Morgan fingerprint density at radius 1 is 1.29 bits per heavy atom. The highest BCUT2D eigenvalue weighted by molar-refractivity contribution is 5.81. The minimum Gasteiger partial charge on any atom is -0.383 e. The number of carbonyl (C=O) groups is 1. The number of ether oxygens (including phenoxy) is 1. The van der Waals surface area contributed by atoms with Crippen LogP contribution in [0.3, 0.4) is 0 Å². The van der Waals surface area contributed by atoms with Gasteiger partial charge in [0.15, 0.2) is 0 Å². The molecule has 0 aromatic carbocycles. The maximum absolute atomic E-state index is 12.2. The predicted molar refractivity (Wildman–Crippen MR) is 70.8 cm³/mol. The molecule has 0 aliphatic rings. The van der Waals surface area contributed by atoms with Crippen molar-refractivity contribution in [2.75, 3.05) is 20.3 Å². The molecule has 102 valence electrons. The molecule has 0 aliphatic carbocycles.